The van der Waals surface area contributed by atoms with E-state index in [0.29, 0.717) is 26.3 Å². The number of carbonyl (C=O) groups excluding carboxylic acids is 1. The van der Waals surface area contributed by atoms with E-state index in [2.05, 4.69) is 0 Å². The maximum absolute atomic E-state index is 13.0. The first-order valence-electron chi connectivity index (χ1n) is 10.0. The zero-order chi connectivity index (χ0) is 19.8. The zero-order valence-corrected chi connectivity index (χ0v) is 16.5. The van der Waals surface area contributed by atoms with Crippen LogP contribution >= 0.6 is 0 Å². The summed E-state index contributed by atoms with van der Waals surface area (Å²) < 4.78 is 5.98. The predicted molar refractivity (Wildman–Crippen MR) is 111 cm³/mol. The maximum atomic E-state index is 13.0. The summed E-state index contributed by atoms with van der Waals surface area (Å²) in [7, 11) is 0. The van der Waals surface area contributed by atoms with Gasteiger partial charge in [0.25, 0.3) is 5.91 Å². The van der Waals surface area contributed by atoms with Gasteiger partial charge in [0.2, 0.25) is 0 Å². The van der Waals surface area contributed by atoms with Crippen LogP contribution in [0.3, 0.4) is 0 Å². The van der Waals surface area contributed by atoms with Gasteiger partial charge in [0.05, 0.1) is 24.3 Å². The third-order valence-corrected chi connectivity index (χ3v) is 6.03. The molecule has 0 bridgehead atoms. The van der Waals surface area contributed by atoms with Crippen LogP contribution in [0, 0.1) is 6.92 Å². The Balaban J connectivity index is 1.52. The van der Waals surface area contributed by atoms with Crippen molar-refractivity contribution < 1.29 is 9.53 Å². The lowest BCUT2D eigenvalue weighted by Crippen LogP contribution is -2.42. The van der Waals surface area contributed by atoms with Crippen LogP contribution in [0.1, 0.15) is 33.7 Å². The highest BCUT2D eigenvalue weighted by molar-refractivity contribution is 5.94. The summed E-state index contributed by atoms with van der Waals surface area (Å²) >= 11 is 0. The van der Waals surface area contributed by atoms with E-state index < -0.39 is 0 Å². The molecular weight excluding hydrogens is 362 g/mol. The average molecular weight is 385 g/mol. The van der Waals surface area contributed by atoms with Gasteiger partial charge in [-0.25, -0.2) is 9.97 Å². The zero-order valence-electron chi connectivity index (χ0n) is 16.5. The van der Waals surface area contributed by atoms with Crippen molar-refractivity contribution in [3.63, 3.8) is 0 Å². The van der Waals surface area contributed by atoms with Crippen LogP contribution in [0.25, 0.3) is 11.4 Å². The molecule has 3 heterocycles. The molecule has 0 N–H and O–H groups in total. The summed E-state index contributed by atoms with van der Waals surface area (Å²) in [4.78, 5) is 24.7. The Kier molecular flexibility index (Phi) is 4.40. The van der Waals surface area contributed by atoms with Crippen LogP contribution in [0.4, 0.5) is 0 Å². The van der Waals surface area contributed by atoms with E-state index in [1.165, 1.54) is 0 Å². The number of fused-ring (bicyclic) bond motifs is 2. The number of hydrogen-bond donors (Lipinski definition) is 0. The Hall–Kier alpha value is -3.05. The van der Waals surface area contributed by atoms with Gasteiger partial charge < -0.3 is 9.64 Å². The Labute approximate surface area is 170 Å². The number of likely N-dealkylation sites (tertiary alicyclic amines) is 1. The molecule has 3 aromatic rings. The first-order valence-corrected chi connectivity index (χ1v) is 10.0. The molecule has 1 atom stereocenters. The van der Waals surface area contributed by atoms with Crippen molar-refractivity contribution in [2.24, 2.45) is 0 Å². The van der Waals surface area contributed by atoms with Crippen LogP contribution in [-0.2, 0) is 16.8 Å². The van der Waals surface area contributed by atoms with Crippen molar-refractivity contribution in [2.75, 3.05) is 19.7 Å². The number of aryl methyl sites for hydroxylation is 1. The lowest BCUT2D eigenvalue weighted by Gasteiger charge is -2.35. The number of hydrogen-bond acceptors (Lipinski definition) is 4. The van der Waals surface area contributed by atoms with E-state index in [0.717, 1.165) is 40.3 Å². The summed E-state index contributed by atoms with van der Waals surface area (Å²) in [6.45, 7) is 4.48. The highest BCUT2D eigenvalue weighted by Crippen LogP contribution is 2.40. The van der Waals surface area contributed by atoms with Crippen molar-refractivity contribution >= 4 is 5.91 Å². The molecule has 5 heteroatoms. The van der Waals surface area contributed by atoms with E-state index in [1.807, 2.05) is 72.5 Å². The third-order valence-electron chi connectivity index (χ3n) is 6.03. The maximum Gasteiger partial charge on any atom is 0.253 e. The number of aromatic nitrogens is 2. The van der Waals surface area contributed by atoms with Gasteiger partial charge in [0, 0.05) is 35.5 Å². The van der Waals surface area contributed by atoms with Crippen molar-refractivity contribution in [1.29, 1.82) is 0 Å². The van der Waals surface area contributed by atoms with Gasteiger partial charge in [-0.2, -0.15) is 0 Å². The van der Waals surface area contributed by atoms with Crippen LogP contribution in [-0.4, -0.2) is 40.5 Å². The van der Waals surface area contributed by atoms with Crippen LogP contribution in [0.15, 0.2) is 60.7 Å². The molecule has 5 nitrogen and oxygen atoms in total. The molecular formula is C24H23N3O2. The molecule has 1 amide bonds. The summed E-state index contributed by atoms with van der Waals surface area (Å²) in [5.74, 6) is 0.819. The molecule has 0 aliphatic carbocycles. The number of amides is 1. The summed E-state index contributed by atoms with van der Waals surface area (Å²) in [6.07, 6.45) is 0.850. The second kappa shape index (κ2) is 7.08. The molecule has 29 heavy (non-hydrogen) atoms. The highest BCUT2D eigenvalue weighted by atomic mass is 16.5. The largest absolute Gasteiger partial charge is 0.376 e. The lowest BCUT2D eigenvalue weighted by atomic mass is 9.80. The fourth-order valence-corrected chi connectivity index (χ4v) is 4.46. The molecule has 2 aromatic carbocycles. The minimum Gasteiger partial charge on any atom is -0.376 e. The van der Waals surface area contributed by atoms with Crippen molar-refractivity contribution in [3.05, 3.63) is 83.2 Å². The number of nitrogens with zero attached hydrogens (tertiary/aromatic N) is 3. The third kappa shape index (κ3) is 3.12. The predicted octanol–water partition coefficient (Wildman–Crippen LogP) is 3.77. The van der Waals surface area contributed by atoms with Crippen LogP contribution in [0.2, 0.25) is 0 Å². The van der Waals surface area contributed by atoms with E-state index in [4.69, 9.17) is 14.7 Å². The SMILES string of the molecule is Cc1nc(-c2ccccc2)nc2c1COC[C@]21CCN(C(=O)c2ccccc2)C1. The Morgan fingerprint density at radius 1 is 1.03 bits per heavy atom. The molecule has 146 valence electrons. The standard InChI is InChI=1S/C24H23N3O2/c1-17-20-14-29-16-24(21(20)26-22(25-17)18-8-4-2-5-9-18)12-13-27(15-24)23(28)19-10-6-3-7-11-19/h2-11H,12-16H2,1H3/t24-/m1/s1. The highest BCUT2D eigenvalue weighted by Gasteiger charge is 2.46. The van der Waals surface area contributed by atoms with E-state index in [1.54, 1.807) is 0 Å². The fourth-order valence-electron chi connectivity index (χ4n) is 4.46. The molecule has 1 spiro atoms. The normalized spacial score (nSPS) is 20.7. The second-order valence-corrected chi connectivity index (χ2v) is 7.94. The summed E-state index contributed by atoms with van der Waals surface area (Å²) in [5, 5.41) is 0. The molecule has 1 aromatic heterocycles. The van der Waals surface area contributed by atoms with Gasteiger partial charge in [-0.15, -0.1) is 0 Å². The molecule has 1 fully saturated rings. The Bertz CT molecular complexity index is 1050. The number of rotatable bonds is 2. The smallest absolute Gasteiger partial charge is 0.253 e. The Morgan fingerprint density at radius 3 is 2.52 bits per heavy atom. The van der Waals surface area contributed by atoms with Gasteiger partial charge >= 0.3 is 0 Å². The summed E-state index contributed by atoms with van der Waals surface area (Å²) in [6, 6.07) is 19.6. The second-order valence-electron chi connectivity index (χ2n) is 7.94. The lowest BCUT2D eigenvalue weighted by molar-refractivity contribution is 0.0481. The van der Waals surface area contributed by atoms with Gasteiger partial charge in [-0.1, -0.05) is 48.5 Å². The quantitative estimate of drug-likeness (QED) is 0.674. The van der Waals surface area contributed by atoms with Gasteiger partial charge in [-0.05, 0) is 25.5 Å². The first kappa shape index (κ1) is 18.0. The Morgan fingerprint density at radius 2 is 1.76 bits per heavy atom. The van der Waals surface area contributed by atoms with Gasteiger partial charge in [0.15, 0.2) is 5.82 Å². The molecule has 0 unspecified atom stereocenters. The van der Waals surface area contributed by atoms with Crippen LogP contribution in [0.5, 0.6) is 0 Å². The molecule has 2 aliphatic rings. The fraction of sp³-hybridized carbons (Fsp3) is 0.292. The van der Waals surface area contributed by atoms with E-state index >= 15 is 0 Å². The summed E-state index contributed by atoms with van der Waals surface area (Å²) in [5.41, 5.74) is 4.56. The minimum absolute atomic E-state index is 0.0728. The van der Waals surface area contributed by atoms with E-state index in [-0.39, 0.29) is 11.3 Å². The molecule has 2 aliphatic heterocycles. The number of ether oxygens (including phenoxy) is 1. The van der Waals surface area contributed by atoms with Crippen LogP contribution < -0.4 is 0 Å². The molecule has 1 saturated heterocycles. The monoisotopic (exact) mass is 385 g/mol. The minimum atomic E-state index is -0.269. The topological polar surface area (TPSA) is 55.3 Å². The van der Waals surface area contributed by atoms with Crippen molar-refractivity contribution in [3.8, 4) is 11.4 Å². The van der Waals surface area contributed by atoms with E-state index in [9.17, 15) is 4.79 Å². The first-order chi connectivity index (χ1) is 14.2. The average Bonchev–Trinajstić information content (AvgIpc) is 3.20. The van der Waals surface area contributed by atoms with Crippen molar-refractivity contribution in [2.45, 2.75) is 25.4 Å². The number of carbonyl (C=O) groups is 1. The number of benzene rings is 2. The molecule has 5 rings (SSSR count). The van der Waals surface area contributed by atoms with Crippen molar-refractivity contribution in [1.82, 2.24) is 14.9 Å². The van der Waals surface area contributed by atoms with Gasteiger partial charge in [0.1, 0.15) is 0 Å². The van der Waals surface area contributed by atoms with Gasteiger partial charge in [-0.3, -0.25) is 4.79 Å². The molecule has 0 saturated carbocycles. The molecule has 0 radical (unpaired) electrons.